The lowest BCUT2D eigenvalue weighted by atomic mass is 10.1. The quantitative estimate of drug-likeness (QED) is 0.780. The lowest BCUT2D eigenvalue weighted by Gasteiger charge is -2.04. The summed E-state index contributed by atoms with van der Waals surface area (Å²) in [5.41, 5.74) is 2.98. The fraction of sp³-hybridized carbons (Fsp3) is 0. The molecule has 0 saturated carbocycles. The van der Waals surface area contributed by atoms with Gasteiger partial charge >= 0.3 is 0 Å². The molecule has 0 spiro atoms. The molecule has 4 nitrogen and oxygen atoms in total. The van der Waals surface area contributed by atoms with Crippen LogP contribution in [0.3, 0.4) is 0 Å². The van der Waals surface area contributed by atoms with Crippen LogP contribution < -0.4 is 0 Å². The molecular formula is C13H8Cl2N4. The number of aromatic amines is 1. The summed E-state index contributed by atoms with van der Waals surface area (Å²) in [6.45, 7) is 0. The number of hydrogen-bond donors (Lipinski definition) is 1. The molecule has 6 heteroatoms. The van der Waals surface area contributed by atoms with Gasteiger partial charge in [-0.15, -0.1) is 10.2 Å². The van der Waals surface area contributed by atoms with Gasteiger partial charge in [-0.05, 0) is 24.3 Å². The van der Waals surface area contributed by atoms with E-state index in [0.717, 1.165) is 17.0 Å². The third-order valence-electron chi connectivity index (χ3n) is 2.67. The Morgan fingerprint density at radius 3 is 2.37 bits per heavy atom. The van der Waals surface area contributed by atoms with Gasteiger partial charge in [-0.3, -0.25) is 5.10 Å². The Hall–Kier alpha value is -1.91. The molecule has 3 aromatic rings. The molecule has 0 fully saturated rings. The highest BCUT2D eigenvalue weighted by atomic mass is 35.5. The molecule has 0 atom stereocenters. The number of nitrogens with zero attached hydrogens (tertiary/aromatic N) is 3. The van der Waals surface area contributed by atoms with Crippen molar-refractivity contribution in [1.29, 1.82) is 0 Å². The van der Waals surface area contributed by atoms with Gasteiger partial charge in [0.15, 0.2) is 0 Å². The van der Waals surface area contributed by atoms with Crippen LogP contribution in [0.4, 0.5) is 0 Å². The summed E-state index contributed by atoms with van der Waals surface area (Å²) in [6, 6.07) is 11.0. The summed E-state index contributed by atoms with van der Waals surface area (Å²) in [5.74, 6) is 0. The highest BCUT2D eigenvalue weighted by Crippen LogP contribution is 2.32. The summed E-state index contributed by atoms with van der Waals surface area (Å²) >= 11 is 12.1. The van der Waals surface area contributed by atoms with E-state index < -0.39 is 0 Å². The normalized spacial score (nSPS) is 10.6. The highest BCUT2D eigenvalue weighted by Gasteiger charge is 2.09. The molecule has 94 valence electrons. The maximum absolute atomic E-state index is 6.15. The smallest absolute Gasteiger partial charge is 0.111 e. The minimum absolute atomic E-state index is 0.479. The van der Waals surface area contributed by atoms with Crippen molar-refractivity contribution in [3.8, 4) is 22.6 Å². The first kappa shape index (κ1) is 12.1. The molecule has 2 heterocycles. The number of H-pyrrole nitrogens is 1. The summed E-state index contributed by atoms with van der Waals surface area (Å²) in [5, 5.41) is 16.0. The van der Waals surface area contributed by atoms with Gasteiger partial charge in [-0.1, -0.05) is 35.3 Å². The predicted octanol–water partition coefficient (Wildman–Crippen LogP) is 3.84. The molecule has 0 radical (unpaired) electrons. The van der Waals surface area contributed by atoms with Crippen molar-refractivity contribution in [1.82, 2.24) is 20.4 Å². The Labute approximate surface area is 119 Å². The minimum atomic E-state index is 0.479. The third-order valence-corrected chi connectivity index (χ3v) is 3.49. The predicted molar refractivity (Wildman–Crippen MR) is 75.1 cm³/mol. The minimum Gasteiger partial charge on any atom is -0.276 e. The van der Waals surface area contributed by atoms with Gasteiger partial charge in [0.25, 0.3) is 0 Å². The lowest BCUT2D eigenvalue weighted by molar-refractivity contribution is 1.02. The van der Waals surface area contributed by atoms with E-state index in [9.17, 15) is 0 Å². The zero-order chi connectivity index (χ0) is 13.2. The maximum atomic E-state index is 6.15. The lowest BCUT2D eigenvalue weighted by Crippen LogP contribution is -1.91. The van der Waals surface area contributed by atoms with Gasteiger partial charge in [-0.25, -0.2) is 0 Å². The van der Waals surface area contributed by atoms with Crippen molar-refractivity contribution in [3.05, 3.63) is 52.6 Å². The molecule has 1 N–H and O–H groups in total. The van der Waals surface area contributed by atoms with Crippen LogP contribution in [0.25, 0.3) is 22.6 Å². The second-order valence-corrected chi connectivity index (χ2v) is 4.66. The molecular weight excluding hydrogens is 283 g/mol. The number of rotatable bonds is 2. The van der Waals surface area contributed by atoms with Crippen molar-refractivity contribution >= 4 is 23.2 Å². The second kappa shape index (κ2) is 4.99. The average Bonchev–Trinajstić information content (AvgIpc) is 2.96. The molecule has 0 aliphatic rings. The monoisotopic (exact) mass is 290 g/mol. The molecule has 1 aromatic carbocycles. The largest absolute Gasteiger partial charge is 0.276 e. The average molecular weight is 291 g/mol. The number of aromatic nitrogens is 4. The number of halogens is 2. The van der Waals surface area contributed by atoms with Crippen LogP contribution in [0.1, 0.15) is 0 Å². The Morgan fingerprint density at radius 1 is 0.895 bits per heavy atom. The summed E-state index contributed by atoms with van der Waals surface area (Å²) in [7, 11) is 0. The van der Waals surface area contributed by atoms with Crippen molar-refractivity contribution in [2.75, 3.05) is 0 Å². The standard InChI is InChI=1S/C13H8Cl2N4/c14-9-3-1-2-8(13(9)15)10-4-5-11(19-18-10)12-6-7-16-17-12/h1-7H,(H,16,17). The Kier molecular flexibility index (Phi) is 3.19. The van der Waals surface area contributed by atoms with Gasteiger partial charge in [0.2, 0.25) is 0 Å². The highest BCUT2D eigenvalue weighted by molar-refractivity contribution is 6.43. The Morgan fingerprint density at radius 2 is 1.68 bits per heavy atom. The molecule has 0 saturated heterocycles. The van der Waals surface area contributed by atoms with Crippen molar-refractivity contribution < 1.29 is 0 Å². The van der Waals surface area contributed by atoms with E-state index in [1.165, 1.54) is 0 Å². The van der Waals surface area contributed by atoms with Crippen LogP contribution in [-0.4, -0.2) is 20.4 Å². The first-order valence-corrected chi connectivity index (χ1v) is 6.29. The number of nitrogens with one attached hydrogen (secondary N) is 1. The molecule has 0 amide bonds. The SMILES string of the molecule is Clc1cccc(-c2ccc(-c3ccn[nH]3)nn2)c1Cl. The summed E-state index contributed by atoms with van der Waals surface area (Å²) in [6.07, 6.45) is 1.67. The van der Waals surface area contributed by atoms with Gasteiger partial charge in [0.05, 0.1) is 21.4 Å². The zero-order valence-corrected chi connectivity index (χ0v) is 11.2. The van der Waals surface area contributed by atoms with Gasteiger partial charge in [0, 0.05) is 11.8 Å². The van der Waals surface area contributed by atoms with Crippen LogP contribution in [-0.2, 0) is 0 Å². The van der Waals surface area contributed by atoms with E-state index in [0.29, 0.717) is 15.7 Å². The van der Waals surface area contributed by atoms with Gasteiger partial charge < -0.3 is 0 Å². The van der Waals surface area contributed by atoms with E-state index in [4.69, 9.17) is 23.2 Å². The van der Waals surface area contributed by atoms with Crippen molar-refractivity contribution in [3.63, 3.8) is 0 Å². The van der Waals surface area contributed by atoms with E-state index in [1.54, 1.807) is 12.3 Å². The first-order chi connectivity index (χ1) is 9.25. The van der Waals surface area contributed by atoms with Crippen LogP contribution in [0.5, 0.6) is 0 Å². The zero-order valence-electron chi connectivity index (χ0n) is 9.64. The van der Waals surface area contributed by atoms with Gasteiger partial charge in [0.1, 0.15) is 5.69 Å². The van der Waals surface area contributed by atoms with Crippen LogP contribution in [0.2, 0.25) is 10.0 Å². The van der Waals surface area contributed by atoms with E-state index >= 15 is 0 Å². The third kappa shape index (κ3) is 2.32. The van der Waals surface area contributed by atoms with E-state index in [1.807, 2.05) is 30.3 Å². The molecule has 0 aliphatic heterocycles. The molecule has 0 aliphatic carbocycles. The van der Waals surface area contributed by atoms with Crippen LogP contribution in [0, 0.1) is 0 Å². The molecule has 3 rings (SSSR count). The second-order valence-electron chi connectivity index (χ2n) is 3.88. The number of hydrogen-bond acceptors (Lipinski definition) is 3. The fourth-order valence-corrected chi connectivity index (χ4v) is 2.12. The fourth-order valence-electron chi connectivity index (χ4n) is 1.72. The number of benzene rings is 1. The molecule has 2 aromatic heterocycles. The van der Waals surface area contributed by atoms with Crippen molar-refractivity contribution in [2.24, 2.45) is 0 Å². The summed E-state index contributed by atoms with van der Waals surface area (Å²) < 4.78 is 0. The maximum Gasteiger partial charge on any atom is 0.111 e. The van der Waals surface area contributed by atoms with Crippen LogP contribution >= 0.6 is 23.2 Å². The molecule has 0 unspecified atom stereocenters. The van der Waals surface area contributed by atoms with E-state index in [-0.39, 0.29) is 0 Å². The Balaban J connectivity index is 2.01. The summed E-state index contributed by atoms with van der Waals surface area (Å²) in [4.78, 5) is 0. The first-order valence-electron chi connectivity index (χ1n) is 5.53. The molecule has 0 bridgehead atoms. The van der Waals surface area contributed by atoms with Crippen molar-refractivity contribution in [2.45, 2.75) is 0 Å². The van der Waals surface area contributed by atoms with Crippen LogP contribution in [0.15, 0.2) is 42.6 Å². The Bertz CT molecular complexity index is 693. The van der Waals surface area contributed by atoms with E-state index in [2.05, 4.69) is 20.4 Å². The molecule has 19 heavy (non-hydrogen) atoms. The topological polar surface area (TPSA) is 54.5 Å². The van der Waals surface area contributed by atoms with Gasteiger partial charge in [-0.2, -0.15) is 5.10 Å².